The van der Waals surface area contributed by atoms with Crippen LogP contribution in [-0.2, 0) is 6.42 Å². The molecule has 0 aliphatic heterocycles. The maximum Gasteiger partial charge on any atom is 0.194 e. The fraction of sp³-hybridized carbons (Fsp3) is 0.214. The molecule has 2 N–H and O–H groups in total. The highest BCUT2D eigenvalue weighted by atomic mass is 35.5. The van der Waals surface area contributed by atoms with E-state index >= 15 is 0 Å². The minimum absolute atomic E-state index is 0.537. The first-order valence-corrected chi connectivity index (χ1v) is 7.80. The average molecular weight is 326 g/mol. The maximum absolute atomic E-state index is 6.10. The normalized spacial score (nSPS) is 11.4. The smallest absolute Gasteiger partial charge is 0.194 e. The molecule has 0 atom stereocenters. The van der Waals surface area contributed by atoms with Gasteiger partial charge in [0.15, 0.2) is 4.96 Å². The van der Waals surface area contributed by atoms with E-state index in [1.54, 1.807) is 17.4 Å². The molecule has 20 heavy (non-hydrogen) atoms. The number of aromatic nitrogens is 2. The Morgan fingerprint density at radius 3 is 2.80 bits per heavy atom. The number of benzene rings is 1. The number of nitrogens with two attached hydrogens (primary N) is 1. The van der Waals surface area contributed by atoms with E-state index in [-0.39, 0.29) is 0 Å². The van der Waals surface area contributed by atoms with Crippen LogP contribution in [0.25, 0.3) is 16.2 Å². The van der Waals surface area contributed by atoms with Crippen LogP contribution in [0.15, 0.2) is 24.4 Å². The van der Waals surface area contributed by atoms with Crippen molar-refractivity contribution >= 4 is 39.5 Å². The van der Waals surface area contributed by atoms with Gasteiger partial charge in [-0.05, 0) is 25.6 Å². The first-order chi connectivity index (χ1) is 9.60. The van der Waals surface area contributed by atoms with Crippen LogP contribution in [0.4, 0.5) is 0 Å². The number of aryl methyl sites for hydroxylation is 1. The third kappa shape index (κ3) is 2.33. The van der Waals surface area contributed by atoms with Gasteiger partial charge in [-0.3, -0.25) is 4.40 Å². The van der Waals surface area contributed by atoms with Crippen molar-refractivity contribution in [2.24, 2.45) is 5.73 Å². The van der Waals surface area contributed by atoms with Crippen molar-refractivity contribution in [2.45, 2.75) is 13.3 Å². The molecule has 0 radical (unpaired) electrons. The van der Waals surface area contributed by atoms with E-state index in [0.29, 0.717) is 16.6 Å². The molecular weight excluding hydrogens is 313 g/mol. The molecule has 0 bridgehead atoms. The van der Waals surface area contributed by atoms with E-state index in [9.17, 15) is 0 Å². The number of rotatable bonds is 3. The molecule has 6 heteroatoms. The van der Waals surface area contributed by atoms with Gasteiger partial charge >= 0.3 is 0 Å². The Bertz CT molecular complexity index is 776. The number of hydrogen-bond acceptors (Lipinski definition) is 3. The quantitative estimate of drug-likeness (QED) is 0.785. The number of thiazole rings is 1. The van der Waals surface area contributed by atoms with Gasteiger partial charge in [0, 0.05) is 23.1 Å². The second-order valence-electron chi connectivity index (χ2n) is 4.57. The van der Waals surface area contributed by atoms with E-state index in [1.165, 1.54) is 4.88 Å². The zero-order valence-corrected chi connectivity index (χ0v) is 13.2. The summed E-state index contributed by atoms with van der Waals surface area (Å²) in [6, 6.07) is 5.58. The van der Waals surface area contributed by atoms with Crippen LogP contribution in [-0.4, -0.2) is 15.9 Å². The van der Waals surface area contributed by atoms with Crippen molar-refractivity contribution in [3.05, 3.63) is 45.0 Å². The van der Waals surface area contributed by atoms with Crippen LogP contribution in [0.1, 0.15) is 10.6 Å². The second-order valence-corrected chi connectivity index (χ2v) is 6.60. The average Bonchev–Trinajstić information content (AvgIpc) is 2.91. The van der Waals surface area contributed by atoms with Gasteiger partial charge in [-0.15, -0.1) is 11.3 Å². The molecule has 0 aliphatic rings. The summed E-state index contributed by atoms with van der Waals surface area (Å²) in [4.78, 5) is 6.92. The molecule has 1 aromatic carbocycles. The van der Waals surface area contributed by atoms with Crippen LogP contribution in [0.5, 0.6) is 0 Å². The third-order valence-electron chi connectivity index (χ3n) is 3.12. The highest BCUT2D eigenvalue weighted by Gasteiger charge is 2.16. The van der Waals surface area contributed by atoms with E-state index in [1.807, 2.05) is 12.1 Å². The maximum atomic E-state index is 6.10. The lowest BCUT2D eigenvalue weighted by Crippen LogP contribution is -2.05. The van der Waals surface area contributed by atoms with Crippen LogP contribution in [0.3, 0.4) is 0 Å². The standard InChI is InChI=1S/C14H13Cl2N3S/c1-8-7-19-12(4-5-17)13(18-14(19)20-8)9-2-3-10(15)11(16)6-9/h2-3,6-7H,4-5,17H2,1H3. The fourth-order valence-electron chi connectivity index (χ4n) is 2.25. The predicted octanol–water partition coefficient (Wildman–Crippen LogP) is 4.18. The number of nitrogens with zero attached hydrogens (tertiary/aromatic N) is 2. The largest absolute Gasteiger partial charge is 0.330 e. The molecule has 0 saturated heterocycles. The molecule has 0 amide bonds. The zero-order chi connectivity index (χ0) is 14.3. The third-order valence-corrected chi connectivity index (χ3v) is 4.75. The zero-order valence-electron chi connectivity index (χ0n) is 10.9. The van der Waals surface area contributed by atoms with Gasteiger partial charge in [0.1, 0.15) is 0 Å². The highest BCUT2D eigenvalue weighted by molar-refractivity contribution is 7.17. The predicted molar refractivity (Wildman–Crippen MR) is 86.0 cm³/mol. The molecule has 3 rings (SSSR count). The summed E-state index contributed by atoms with van der Waals surface area (Å²) >= 11 is 13.7. The lowest BCUT2D eigenvalue weighted by Gasteiger charge is -2.04. The molecule has 3 nitrogen and oxygen atoms in total. The Hall–Kier alpha value is -1.07. The fourth-order valence-corrected chi connectivity index (χ4v) is 3.39. The van der Waals surface area contributed by atoms with Gasteiger partial charge in [-0.2, -0.15) is 0 Å². The Kier molecular flexibility index (Phi) is 3.73. The summed E-state index contributed by atoms with van der Waals surface area (Å²) < 4.78 is 2.12. The number of hydrogen-bond donors (Lipinski definition) is 1. The van der Waals surface area contributed by atoms with Gasteiger partial charge in [-0.25, -0.2) is 4.98 Å². The molecule has 0 saturated carbocycles. The number of fused-ring (bicyclic) bond motifs is 1. The monoisotopic (exact) mass is 325 g/mol. The van der Waals surface area contributed by atoms with E-state index < -0.39 is 0 Å². The van der Waals surface area contributed by atoms with Crippen molar-refractivity contribution in [3.63, 3.8) is 0 Å². The summed E-state index contributed by atoms with van der Waals surface area (Å²) in [5, 5.41) is 1.09. The Morgan fingerprint density at radius 1 is 1.30 bits per heavy atom. The van der Waals surface area contributed by atoms with Gasteiger partial charge in [0.25, 0.3) is 0 Å². The molecular formula is C14H13Cl2N3S. The lowest BCUT2D eigenvalue weighted by atomic mass is 10.1. The van der Waals surface area contributed by atoms with Crippen molar-refractivity contribution in [1.29, 1.82) is 0 Å². The van der Waals surface area contributed by atoms with E-state index in [0.717, 1.165) is 28.3 Å². The van der Waals surface area contributed by atoms with Gasteiger partial charge in [-0.1, -0.05) is 29.3 Å². The summed E-state index contributed by atoms with van der Waals surface area (Å²) in [6.07, 6.45) is 2.87. The molecule has 0 unspecified atom stereocenters. The topological polar surface area (TPSA) is 43.3 Å². The lowest BCUT2D eigenvalue weighted by molar-refractivity contribution is 0.910. The summed E-state index contributed by atoms with van der Waals surface area (Å²) in [7, 11) is 0. The van der Waals surface area contributed by atoms with Crippen LogP contribution in [0.2, 0.25) is 10.0 Å². The van der Waals surface area contributed by atoms with Gasteiger partial charge in [0.2, 0.25) is 0 Å². The first-order valence-electron chi connectivity index (χ1n) is 6.23. The molecule has 0 aliphatic carbocycles. The van der Waals surface area contributed by atoms with Gasteiger partial charge < -0.3 is 5.73 Å². The molecule has 3 aromatic rings. The summed E-state index contributed by atoms with van der Waals surface area (Å²) in [6.45, 7) is 2.65. The molecule has 0 fully saturated rings. The minimum atomic E-state index is 0.537. The minimum Gasteiger partial charge on any atom is -0.330 e. The second kappa shape index (κ2) is 5.37. The van der Waals surface area contributed by atoms with E-state index in [4.69, 9.17) is 33.9 Å². The molecule has 0 spiro atoms. The van der Waals surface area contributed by atoms with Gasteiger partial charge in [0.05, 0.1) is 21.4 Å². The SMILES string of the molecule is Cc1cn2c(CCN)c(-c3ccc(Cl)c(Cl)c3)nc2s1. The molecule has 2 aromatic heterocycles. The van der Waals surface area contributed by atoms with Crippen LogP contribution < -0.4 is 5.73 Å². The van der Waals surface area contributed by atoms with E-state index in [2.05, 4.69) is 17.5 Å². The van der Waals surface area contributed by atoms with Crippen molar-refractivity contribution in [2.75, 3.05) is 6.54 Å². The van der Waals surface area contributed by atoms with Crippen molar-refractivity contribution in [1.82, 2.24) is 9.38 Å². The summed E-state index contributed by atoms with van der Waals surface area (Å²) in [5.41, 5.74) is 8.75. The Morgan fingerprint density at radius 2 is 2.10 bits per heavy atom. The Labute approximate surface area is 131 Å². The highest BCUT2D eigenvalue weighted by Crippen LogP contribution is 2.32. The number of halogens is 2. The first kappa shape index (κ1) is 13.9. The van der Waals surface area contributed by atoms with Crippen LogP contribution in [0, 0.1) is 6.92 Å². The summed E-state index contributed by atoms with van der Waals surface area (Å²) in [5.74, 6) is 0. The van der Waals surface area contributed by atoms with Crippen molar-refractivity contribution < 1.29 is 0 Å². The molecule has 104 valence electrons. The number of imidazole rings is 1. The van der Waals surface area contributed by atoms with Crippen LogP contribution >= 0.6 is 34.5 Å². The Balaban J connectivity index is 2.21. The van der Waals surface area contributed by atoms with Crippen molar-refractivity contribution in [3.8, 4) is 11.3 Å². The molecule has 2 heterocycles.